The summed E-state index contributed by atoms with van der Waals surface area (Å²) in [6.45, 7) is 4.76. The fourth-order valence-corrected chi connectivity index (χ4v) is 5.23. The summed E-state index contributed by atoms with van der Waals surface area (Å²) in [7, 11) is 0. The molecule has 7 heteroatoms. The van der Waals surface area contributed by atoms with E-state index in [4.69, 9.17) is 0 Å². The molecule has 1 fully saturated rings. The van der Waals surface area contributed by atoms with Crippen LogP contribution in [0, 0.1) is 6.92 Å². The Morgan fingerprint density at radius 2 is 2.06 bits per heavy atom. The number of aryl methyl sites for hydroxylation is 1. The molecule has 0 bridgehead atoms. The van der Waals surface area contributed by atoms with Crippen molar-refractivity contribution in [2.45, 2.75) is 38.8 Å². The summed E-state index contributed by atoms with van der Waals surface area (Å²) in [6, 6.07) is 16.5. The van der Waals surface area contributed by atoms with Gasteiger partial charge in [0.05, 0.1) is 23.7 Å². The molecule has 2 aromatic heterocycles. The van der Waals surface area contributed by atoms with Gasteiger partial charge in [0.25, 0.3) is 0 Å². The van der Waals surface area contributed by atoms with Crippen LogP contribution in [0.5, 0.6) is 0 Å². The molecule has 0 unspecified atom stereocenters. The van der Waals surface area contributed by atoms with Crippen molar-refractivity contribution < 1.29 is 9.90 Å². The highest BCUT2D eigenvalue weighted by Gasteiger charge is 2.17. The molecule has 0 aliphatic carbocycles. The molecule has 0 atom stereocenters. The number of fused-ring (bicyclic) bond motifs is 1. The molecule has 4 aromatic rings. The molecule has 35 heavy (non-hydrogen) atoms. The van der Waals surface area contributed by atoms with Crippen LogP contribution in [0.2, 0.25) is 0 Å². The first-order valence-electron chi connectivity index (χ1n) is 12.0. The Morgan fingerprint density at radius 3 is 2.86 bits per heavy atom. The van der Waals surface area contributed by atoms with Gasteiger partial charge < -0.3 is 10.4 Å². The minimum Gasteiger partial charge on any atom is -0.393 e. The topological polar surface area (TPSA) is 81.2 Å². The summed E-state index contributed by atoms with van der Waals surface area (Å²) >= 11 is 1.59. The zero-order chi connectivity index (χ0) is 24.2. The Bertz CT molecular complexity index is 1330. The van der Waals surface area contributed by atoms with Gasteiger partial charge >= 0.3 is 0 Å². The van der Waals surface area contributed by atoms with Gasteiger partial charge in [-0.25, -0.2) is 0 Å². The Labute approximate surface area is 209 Å². The largest absolute Gasteiger partial charge is 0.393 e. The van der Waals surface area contributed by atoms with Crippen LogP contribution in [0.4, 0.5) is 5.69 Å². The lowest BCUT2D eigenvalue weighted by molar-refractivity contribution is -0.115. The van der Waals surface area contributed by atoms with Crippen molar-refractivity contribution in [2.75, 3.05) is 18.4 Å². The molecule has 2 aromatic carbocycles. The minimum absolute atomic E-state index is 0.0180. The third-order valence-electron chi connectivity index (χ3n) is 6.47. The number of rotatable bonds is 7. The number of thiophene rings is 1. The number of hydrogen-bond donors (Lipinski definition) is 3. The predicted molar refractivity (Wildman–Crippen MR) is 143 cm³/mol. The average Bonchev–Trinajstić information content (AvgIpc) is 3.49. The number of likely N-dealkylation sites (tertiary alicyclic amines) is 1. The second kappa shape index (κ2) is 10.6. The van der Waals surface area contributed by atoms with Crippen LogP contribution < -0.4 is 5.32 Å². The van der Waals surface area contributed by atoms with E-state index in [1.165, 1.54) is 5.56 Å². The summed E-state index contributed by atoms with van der Waals surface area (Å²) in [5, 5.41) is 23.4. The van der Waals surface area contributed by atoms with Crippen LogP contribution in [0.1, 0.15) is 40.1 Å². The quantitative estimate of drug-likeness (QED) is 0.334. The number of nitrogens with one attached hydrogen (secondary N) is 2. The van der Waals surface area contributed by atoms with E-state index in [1.54, 1.807) is 11.3 Å². The first-order chi connectivity index (χ1) is 17.0. The SMILES string of the molecule is Cc1cc2[nH]nc(/C=C/c3cccc(CN4CCC(O)CC4)c3)c2cc1NC(=O)Cc1cccs1. The number of benzene rings is 2. The van der Waals surface area contributed by atoms with Crippen LogP contribution in [-0.4, -0.2) is 45.3 Å². The molecule has 180 valence electrons. The van der Waals surface area contributed by atoms with E-state index >= 15 is 0 Å². The number of carbonyl (C=O) groups is 1. The van der Waals surface area contributed by atoms with E-state index in [-0.39, 0.29) is 12.0 Å². The van der Waals surface area contributed by atoms with Crippen LogP contribution in [0.25, 0.3) is 23.1 Å². The molecule has 0 saturated carbocycles. The second-order valence-electron chi connectivity index (χ2n) is 9.21. The second-order valence-corrected chi connectivity index (χ2v) is 10.2. The van der Waals surface area contributed by atoms with Crippen LogP contribution >= 0.6 is 11.3 Å². The number of nitrogens with zero attached hydrogens (tertiary/aromatic N) is 2. The lowest BCUT2D eigenvalue weighted by Gasteiger charge is -2.29. The van der Waals surface area contributed by atoms with Crippen LogP contribution in [0.15, 0.2) is 53.9 Å². The lowest BCUT2D eigenvalue weighted by atomic mass is 10.1. The molecule has 3 N–H and O–H groups in total. The normalized spacial score (nSPS) is 15.3. The van der Waals surface area contributed by atoms with Gasteiger partial charge in [0.2, 0.25) is 5.91 Å². The molecular formula is C28H30N4O2S. The first kappa shape index (κ1) is 23.5. The van der Waals surface area contributed by atoms with Gasteiger partial charge in [-0.3, -0.25) is 14.8 Å². The number of aliphatic hydroxyl groups is 1. The van der Waals surface area contributed by atoms with Gasteiger partial charge in [-0.2, -0.15) is 5.10 Å². The fourth-order valence-electron chi connectivity index (χ4n) is 4.53. The number of anilines is 1. The minimum atomic E-state index is -0.150. The number of amides is 1. The van der Waals surface area contributed by atoms with Crippen LogP contribution in [-0.2, 0) is 17.8 Å². The molecule has 3 heterocycles. The van der Waals surface area contributed by atoms with Gasteiger partial charge in [0.15, 0.2) is 0 Å². The Morgan fingerprint density at radius 1 is 1.20 bits per heavy atom. The number of hydrogen-bond acceptors (Lipinski definition) is 5. The molecule has 5 rings (SSSR count). The van der Waals surface area contributed by atoms with Crippen LogP contribution in [0.3, 0.4) is 0 Å². The maximum Gasteiger partial charge on any atom is 0.229 e. The standard InChI is InChI=1S/C28H30N4O2S/c1-19-14-27-24(17-26(19)29-28(34)16-23-6-3-13-35-23)25(30-31-27)8-7-20-4-2-5-21(15-20)18-32-11-9-22(33)10-12-32/h2-8,13-15,17,22,33H,9-12,16,18H2,1H3,(H,29,34)(H,30,31)/b8-7+. The Kier molecular flexibility index (Phi) is 7.08. The van der Waals surface area contributed by atoms with Crippen molar-refractivity contribution in [3.63, 3.8) is 0 Å². The van der Waals surface area contributed by atoms with Crippen molar-refractivity contribution in [1.82, 2.24) is 15.1 Å². The van der Waals surface area contributed by atoms with Crippen molar-refractivity contribution in [3.8, 4) is 0 Å². The molecular weight excluding hydrogens is 456 g/mol. The molecule has 1 aliphatic heterocycles. The van der Waals surface area contributed by atoms with E-state index in [0.29, 0.717) is 6.42 Å². The molecule has 6 nitrogen and oxygen atoms in total. The maximum absolute atomic E-state index is 12.5. The number of carbonyl (C=O) groups excluding carboxylic acids is 1. The number of aromatic amines is 1. The fraction of sp³-hybridized carbons (Fsp3) is 0.286. The number of H-pyrrole nitrogens is 1. The zero-order valence-corrected chi connectivity index (χ0v) is 20.6. The molecule has 1 amide bonds. The van der Waals surface area contributed by atoms with E-state index in [2.05, 4.69) is 50.8 Å². The lowest BCUT2D eigenvalue weighted by Crippen LogP contribution is -2.35. The smallest absolute Gasteiger partial charge is 0.229 e. The van der Waals surface area contributed by atoms with Gasteiger partial charge in [-0.1, -0.05) is 36.4 Å². The van der Waals surface area contributed by atoms with Crippen molar-refractivity contribution in [1.29, 1.82) is 0 Å². The summed E-state index contributed by atoms with van der Waals surface area (Å²) in [5.41, 5.74) is 5.97. The highest BCUT2D eigenvalue weighted by atomic mass is 32.1. The third kappa shape index (κ3) is 5.88. The van der Waals surface area contributed by atoms with E-state index < -0.39 is 0 Å². The predicted octanol–water partition coefficient (Wildman–Crippen LogP) is 5.24. The molecule has 1 aliphatic rings. The Balaban J connectivity index is 1.30. The first-order valence-corrected chi connectivity index (χ1v) is 12.9. The van der Waals surface area contributed by atoms with Gasteiger partial charge in [-0.15, -0.1) is 11.3 Å². The third-order valence-corrected chi connectivity index (χ3v) is 7.35. The van der Waals surface area contributed by atoms with Crippen molar-refractivity contribution >= 4 is 46.0 Å². The van der Waals surface area contributed by atoms with Crippen molar-refractivity contribution in [2.24, 2.45) is 0 Å². The molecule has 0 radical (unpaired) electrons. The molecule has 1 saturated heterocycles. The maximum atomic E-state index is 12.5. The van der Waals surface area contributed by atoms with Gasteiger partial charge in [0.1, 0.15) is 0 Å². The van der Waals surface area contributed by atoms with E-state index in [1.807, 2.05) is 42.6 Å². The number of piperidine rings is 1. The highest BCUT2D eigenvalue weighted by Crippen LogP contribution is 2.26. The Hall–Kier alpha value is -3.26. The average molecular weight is 487 g/mol. The number of aromatic nitrogens is 2. The monoisotopic (exact) mass is 486 g/mol. The summed E-state index contributed by atoms with van der Waals surface area (Å²) in [6.07, 6.45) is 6.02. The summed E-state index contributed by atoms with van der Waals surface area (Å²) < 4.78 is 0. The zero-order valence-electron chi connectivity index (χ0n) is 19.8. The number of aliphatic hydroxyl groups excluding tert-OH is 1. The van der Waals surface area contributed by atoms with Crippen molar-refractivity contribution in [3.05, 3.63) is 81.2 Å². The van der Waals surface area contributed by atoms with E-state index in [0.717, 1.165) is 70.8 Å². The highest BCUT2D eigenvalue weighted by molar-refractivity contribution is 7.10. The summed E-state index contributed by atoms with van der Waals surface area (Å²) in [5.74, 6) is -0.0180. The van der Waals surface area contributed by atoms with Gasteiger partial charge in [0, 0.05) is 35.6 Å². The summed E-state index contributed by atoms with van der Waals surface area (Å²) in [4.78, 5) is 16.0. The van der Waals surface area contributed by atoms with E-state index in [9.17, 15) is 9.90 Å². The van der Waals surface area contributed by atoms with Gasteiger partial charge in [-0.05, 0) is 66.1 Å². The molecule has 0 spiro atoms.